The van der Waals surface area contributed by atoms with E-state index in [4.69, 9.17) is 0 Å². The first-order valence-corrected chi connectivity index (χ1v) is 5.89. The van der Waals surface area contributed by atoms with E-state index in [9.17, 15) is 4.79 Å². The molecule has 0 amide bonds. The minimum absolute atomic E-state index is 0.153. The molecule has 1 aliphatic carbocycles. The molecule has 0 heterocycles. The van der Waals surface area contributed by atoms with E-state index in [0.29, 0.717) is 5.78 Å². The Hall–Kier alpha value is -1.11. The van der Waals surface area contributed by atoms with Crippen LogP contribution in [0.1, 0.15) is 43.7 Å². The lowest BCUT2D eigenvalue weighted by Gasteiger charge is -2.29. The van der Waals surface area contributed by atoms with Crippen LogP contribution in [-0.4, -0.2) is 5.78 Å². The Morgan fingerprint density at radius 2 is 1.93 bits per heavy atom. The average molecular weight is 202 g/mol. The standard InChI is InChI=1S/C14H18O/c1-3-10-9-11-7-5-6-8-13(11)12(4-2)14(10)15/h5-8,10,12H,3-4,9H2,1-2H3. The van der Waals surface area contributed by atoms with Crippen LogP contribution in [0.25, 0.3) is 0 Å². The minimum Gasteiger partial charge on any atom is -0.299 e. The maximum atomic E-state index is 12.2. The highest BCUT2D eigenvalue weighted by molar-refractivity contribution is 5.90. The molecule has 0 aliphatic heterocycles. The van der Waals surface area contributed by atoms with Crippen molar-refractivity contribution in [1.29, 1.82) is 0 Å². The van der Waals surface area contributed by atoms with Gasteiger partial charge in [-0.05, 0) is 30.4 Å². The number of rotatable bonds is 2. The summed E-state index contributed by atoms with van der Waals surface area (Å²) >= 11 is 0. The molecule has 2 atom stereocenters. The number of hydrogen-bond acceptors (Lipinski definition) is 1. The number of Topliss-reactive ketones (excluding diaryl/α,β-unsaturated/α-hetero) is 1. The number of carbonyl (C=O) groups excluding carboxylic acids is 1. The van der Waals surface area contributed by atoms with E-state index in [-0.39, 0.29) is 11.8 Å². The van der Waals surface area contributed by atoms with Crippen LogP contribution in [-0.2, 0) is 11.2 Å². The SMILES string of the molecule is CCC1Cc2ccccc2C(CC)C1=O. The second-order valence-corrected chi connectivity index (χ2v) is 4.37. The Balaban J connectivity index is 2.43. The molecule has 80 valence electrons. The fourth-order valence-electron chi connectivity index (χ4n) is 2.63. The highest BCUT2D eigenvalue weighted by Crippen LogP contribution is 2.35. The minimum atomic E-state index is 0.153. The third-order valence-corrected chi connectivity index (χ3v) is 3.54. The van der Waals surface area contributed by atoms with Gasteiger partial charge in [-0.2, -0.15) is 0 Å². The summed E-state index contributed by atoms with van der Waals surface area (Å²) in [5.41, 5.74) is 2.66. The number of hydrogen-bond donors (Lipinski definition) is 0. The van der Waals surface area contributed by atoms with Crippen LogP contribution in [0.5, 0.6) is 0 Å². The van der Waals surface area contributed by atoms with Crippen molar-refractivity contribution in [1.82, 2.24) is 0 Å². The van der Waals surface area contributed by atoms with Crippen molar-refractivity contribution in [2.75, 3.05) is 0 Å². The second-order valence-electron chi connectivity index (χ2n) is 4.37. The normalized spacial score (nSPS) is 25.1. The van der Waals surface area contributed by atoms with Crippen molar-refractivity contribution in [2.45, 2.75) is 39.0 Å². The van der Waals surface area contributed by atoms with Crippen molar-refractivity contribution in [3.63, 3.8) is 0 Å². The summed E-state index contributed by atoms with van der Waals surface area (Å²) in [6.07, 6.45) is 2.86. The van der Waals surface area contributed by atoms with E-state index in [1.54, 1.807) is 0 Å². The number of fused-ring (bicyclic) bond motifs is 1. The Morgan fingerprint density at radius 1 is 1.20 bits per heavy atom. The molecule has 0 fully saturated rings. The maximum Gasteiger partial charge on any atom is 0.143 e. The summed E-state index contributed by atoms with van der Waals surface area (Å²) in [7, 11) is 0. The fraction of sp³-hybridized carbons (Fsp3) is 0.500. The molecular weight excluding hydrogens is 184 g/mol. The molecule has 0 N–H and O–H groups in total. The molecule has 1 aromatic carbocycles. The van der Waals surface area contributed by atoms with E-state index < -0.39 is 0 Å². The van der Waals surface area contributed by atoms with Gasteiger partial charge in [-0.25, -0.2) is 0 Å². The van der Waals surface area contributed by atoms with Gasteiger partial charge in [0.2, 0.25) is 0 Å². The quantitative estimate of drug-likeness (QED) is 0.719. The lowest BCUT2D eigenvalue weighted by Crippen LogP contribution is -2.29. The summed E-state index contributed by atoms with van der Waals surface area (Å²) in [6.45, 7) is 4.22. The molecule has 1 nitrogen and oxygen atoms in total. The van der Waals surface area contributed by atoms with Gasteiger partial charge >= 0.3 is 0 Å². The van der Waals surface area contributed by atoms with E-state index in [2.05, 4.69) is 32.0 Å². The third-order valence-electron chi connectivity index (χ3n) is 3.54. The van der Waals surface area contributed by atoms with Gasteiger partial charge in [-0.15, -0.1) is 0 Å². The summed E-state index contributed by atoms with van der Waals surface area (Å²) in [4.78, 5) is 12.2. The average Bonchev–Trinajstić information content (AvgIpc) is 2.28. The van der Waals surface area contributed by atoms with E-state index >= 15 is 0 Å². The van der Waals surface area contributed by atoms with Gasteiger partial charge in [-0.1, -0.05) is 38.1 Å². The summed E-state index contributed by atoms with van der Waals surface area (Å²) < 4.78 is 0. The molecule has 0 aromatic heterocycles. The van der Waals surface area contributed by atoms with Gasteiger partial charge in [0, 0.05) is 11.8 Å². The molecular formula is C14H18O. The smallest absolute Gasteiger partial charge is 0.143 e. The van der Waals surface area contributed by atoms with E-state index in [0.717, 1.165) is 19.3 Å². The molecule has 1 aliphatic rings. The van der Waals surface area contributed by atoms with Gasteiger partial charge in [-0.3, -0.25) is 4.79 Å². The summed E-state index contributed by atoms with van der Waals surface area (Å²) in [5.74, 6) is 0.864. The molecule has 2 rings (SSSR count). The monoisotopic (exact) mass is 202 g/mol. The second kappa shape index (κ2) is 4.18. The predicted octanol–water partition coefficient (Wildman–Crippen LogP) is 3.33. The zero-order valence-corrected chi connectivity index (χ0v) is 9.49. The van der Waals surface area contributed by atoms with Crippen molar-refractivity contribution in [3.8, 4) is 0 Å². The first-order valence-electron chi connectivity index (χ1n) is 5.89. The molecule has 0 spiro atoms. The molecule has 0 saturated heterocycles. The summed E-state index contributed by atoms with van der Waals surface area (Å²) in [5, 5.41) is 0. The highest BCUT2D eigenvalue weighted by Gasteiger charge is 2.32. The van der Waals surface area contributed by atoms with Crippen LogP contribution in [0.15, 0.2) is 24.3 Å². The van der Waals surface area contributed by atoms with Crippen molar-refractivity contribution >= 4 is 5.78 Å². The molecule has 15 heavy (non-hydrogen) atoms. The van der Waals surface area contributed by atoms with Gasteiger partial charge in [0.1, 0.15) is 5.78 Å². The van der Waals surface area contributed by atoms with Crippen molar-refractivity contribution < 1.29 is 4.79 Å². The van der Waals surface area contributed by atoms with Gasteiger partial charge in [0.05, 0.1) is 0 Å². The van der Waals surface area contributed by atoms with Gasteiger partial charge < -0.3 is 0 Å². The summed E-state index contributed by atoms with van der Waals surface area (Å²) in [6, 6.07) is 8.41. The molecule has 1 heteroatoms. The van der Waals surface area contributed by atoms with Crippen LogP contribution in [0, 0.1) is 5.92 Å². The molecule has 0 radical (unpaired) electrons. The van der Waals surface area contributed by atoms with Crippen molar-refractivity contribution in [2.24, 2.45) is 5.92 Å². The van der Waals surface area contributed by atoms with Crippen molar-refractivity contribution in [3.05, 3.63) is 35.4 Å². The van der Waals surface area contributed by atoms with Crippen LogP contribution < -0.4 is 0 Å². The predicted molar refractivity (Wildman–Crippen MR) is 62.0 cm³/mol. The van der Waals surface area contributed by atoms with Crippen LogP contribution in [0.3, 0.4) is 0 Å². The Bertz CT molecular complexity index is 367. The highest BCUT2D eigenvalue weighted by atomic mass is 16.1. The number of benzene rings is 1. The lowest BCUT2D eigenvalue weighted by molar-refractivity contribution is -0.125. The number of ketones is 1. The van der Waals surface area contributed by atoms with E-state index in [1.807, 2.05) is 6.07 Å². The molecule has 2 unspecified atom stereocenters. The zero-order valence-electron chi connectivity index (χ0n) is 9.49. The molecule has 0 bridgehead atoms. The van der Waals surface area contributed by atoms with Gasteiger partial charge in [0.15, 0.2) is 0 Å². The first-order chi connectivity index (χ1) is 7.27. The largest absolute Gasteiger partial charge is 0.299 e. The Morgan fingerprint density at radius 3 is 2.60 bits per heavy atom. The Labute approximate surface area is 91.5 Å². The lowest BCUT2D eigenvalue weighted by atomic mass is 9.74. The first kappa shape index (κ1) is 10.4. The molecule has 0 saturated carbocycles. The fourth-order valence-corrected chi connectivity index (χ4v) is 2.63. The third kappa shape index (κ3) is 1.71. The van der Waals surface area contributed by atoms with Crippen LogP contribution >= 0.6 is 0 Å². The van der Waals surface area contributed by atoms with Crippen LogP contribution in [0.2, 0.25) is 0 Å². The topological polar surface area (TPSA) is 17.1 Å². The number of carbonyl (C=O) groups is 1. The zero-order chi connectivity index (χ0) is 10.8. The van der Waals surface area contributed by atoms with Gasteiger partial charge in [0.25, 0.3) is 0 Å². The van der Waals surface area contributed by atoms with E-state index in [1.165, 1.54) is 11.1 Å². The Kier molecular flexibility index (Phi) is 2.90. The van der Waals surface area contributed by atoms with Crippen LogP contribution in [0.4, 0.5) is 0 Å². The maximum absolute atomic E-state index is 12.2. The molecule has 1 aromatic rings.